The van der Waals surface area contributed by atoms with Crippen LogP contribution in [0.3, 0.4) is 0 Å². The number of carbonyl (C=O) groups is 2. The molecule has 2 aromatic heterocycles. The Morgan fingerprint density at radius 2 is 1.72 bits per heavy atom. The number of carbonyl (C=O) groups excluding carboxylic acids is 2. The maximum Gasteiger partial charge on any atom is 0.260 e. The number of benzene rings is 2. The van der Waals surface area contributed by atoms with Crippen molar-refractivity contribution < 1.29 is 18.8 Å². The van der Waals surface area contributed by atoms with Crippen LogP contribution >= 0.6 is 0 Å². The Kier molecular flexibility index (Phi) is 5.78. The molecule has 0 radical (unpaired) electrons. The number of aromatic nitrogens is 4. The van der Waals surface area contributed by atoms with Gasteiger partial charge in [-0.3, -0.25) is 9.59 Å². The Morgan fingerprint density at radius 1 is 0.944 bits per heavy atom. The van der Waals surface area contributed by atoms with Gasteiger partial charge in [-0.25, -0.2) is 4.68 Å². The summed E-state index contributed by atoms with van der Waals surface area (Å²) in [4.78, 5) is 29.4. The first-order valence-electron chi connectivity index (χ1n) is 11.9. The van der Waals surface area contributed by atoms with Gasteiger partial charge in [0.15, 0.2) is 5.76 Å². The number of amides is 2. The van der Waals surface area contributed by atoms with E-state index in [2.05, 4.69) is 15.5 Å². The lowest BCUT2D eigenvalue weighted by Crippen LogP contribution is -2.48. The number of hydrogen-bond donors (Lipinski definition) is 0. The summed E-state index contributed by atoms with van der Waals surface area (Å²) in [5, 5.41) is 12.7. The molecule has 2 aliphatic heterocycles. The number of hydrogen-bond acceptors (Lipinski definition) is 7. The van der Waals surface area contributed by atoms with Crippen LogP contribution < -0.4 is 0 Å². The zero-order chi connectivity index (χ0) is 24.5. The Labute approximate surface area is 207 Å². The third-order valence-corrected chi connectivity index (χ3v) is 6.53. The molecule has 36 heavy (non-hydrogen) atoms. The van der Waals surface area contributed by atoms with Crippen LogP contribution in [-0.2, 0) is 16.0 Å². The lowest BCUT2D eigenvalue weighted by atomic mass is 10.0. The molecule has 2 aromatic carbocycles. The highest BCUT2D eigenvalue weighted by Gasteiger charge is 2.34. The molecule has 0 saturated carbocycles. The van der Waals surface area contributed by atoms with E-state index in [1.54, 1.807) is 14.5 Å². The minimum absolute atomic E-state index is 0.0396. The van der Waals surface area contributed by atoms with Crippen molar-refractivity contribution in [2.45, 2.75) is 6.42 Å². The predicted molar refractivity (Wildman–Crippen MR) is 129 cm³/mol. The average molecular weight is 485 g/mol. The number of morpholine rings is 1. The largest absolute Gasteiger partial charge is 0.378 e. The minimum Gasteiger partial charge on any atom is -0.378 e. The second kappa shape index (κ2) is 9.38. The molecule has 2 aliphatic rings. The van der Waals surface area contributed by atoms with Gasteiger partial charge in [0, 0.05) is 37.2 Å². The zero-order valence-corrected chi connectivity index (χ0v) is 19.5. The van der Waals surface area contributed by atoms with E-state index in [-0.39, 0.29) is 18.4 Å². The minimum atomic E-state index is -0.234. The van der Waals surface area contributed by atoms with Crippen molar-refractivity contribution in [3.8, 4) is 28.2 Å². The van der Waals surface area contributed by atoms with E-state index in [1.165, 1.54) is 0 Å². The average Bonchev–Trinajstić information content (AvgIpc) is 3.60. The lowest BCUT2D eigenvalue weighted by molar-refractivity contribution is -0.136. The molecule has 0 bridgehead atoms. The standard InChI is InChI=1S/C26H24N6O4/c33-23(30-12-14-35-15-13-30)17-31-11-10-22-24(26(31)34)25(28-36-22)19-6-8-20(9-7-19)32-16-21(27-29-32)18-4-2-1-3-5-18/h1-9,16H,10-15,17H2. The third-order valence-electron chi connectivity index (χ3n) is 6.53. The summed E-state index contributed by atoms with van der Waals surface area (Å²) >= 11 is 0. The summed E-state index contributed by atoms with van der Waals surface area (Å²) in [5.41, 5.74) is 4.26. The molecule has 182 valence electrons. The molecule has 0 unspecified atom stereocenters. The molecule has 1 fully saturated rings. The maximum absolute atomic E-state index is 13.3. The van der Waals surface area contributed by atoms with Gasteiger partial charge in [0.2, 0.25) is 5.91 Å². The quantitative estimate of drug-likeness (QED) is 0.428. The second-order valence-corrected chi connectivity index (χ2v) is 8.76. The highest BCUT2D eigenvalue weighted by atomic mass is 16.5. The highest BCUT2D eigenvalue weighted by Crippen LogP contribution is 2.30. The van der Waals surface area contributed by atoms with Crippen molar-refractivity contribution >= 4 is 11.8 Å². The Balaban J connectivity index is 1.20. The van der Waals surface area contributed by atoms with Crippen molar-refractivity contribution in [1.29, 1.82) is 0 Å². The van der Waals surface area contributed by atoms with Crippen molar-refractivity contribution in [2.24, 2.45) is 0 Å². The fourth-order valence-electron chi connectivity index (χ4n) is 4.54. The van der Waals surface area contributed by atoms with Gasteiger partial charge >= 0.3 is 0 Å². The summed E-state index contributed by atoms with van der Waals surface area (Å²) in [6, 6.07) is 17.4. The van der Waals surface area contributed by atoms with Crippen molar-refractivity contribution in [3.63, 3.8) is 0 Å². The molecule has 4 aromatic rings. The fourth-order valence-corrected chi connectivity index (χ4v) is 4.54. The van der Waals surface area contributed by atoms with Gasteiger partial charge in [0.05, 0.1) is 25.1 Å². The van der Waals surface area contributed by atoms with Crippen LogP contribution in [0.4, 0.5) is 0 Å². The Bertz CT molecular complexity index is 1390. The summed E-state index contributed by atoms with van der Waals surface area (Å²) < 4.78 is 12.5. The third kappa shape index (κ3) is 4.16. The molecule has 1 saturated heterocycles. The van der Waals surface area contributed by atoms with Gasteiger partial charge in [0.25, 0.3) is 5.91 Å². The normalized spacial score (nSPS) is 15.7. The van der Waals surface area contributed by atoms with Crippen LogP contribution in [-0.4, -0.2) is 81.2 Å². The smallest absolute Gasteiger partial charge is 0.260 e. The molecular formula is C26H24N6O4. The van der Waals surface area contributed by atoms with Gasteiger partial charge in [-0.15, -0.1) is 5.10 Å². The van der Waals surface area contributed by atoms with Crippen LogP contribution in [0.1, 0.15) is 16.1 Å². The molecule has 4 heterocycles. The van der Waals surface area contributed by atoms with E-state index in [0.717, 1.165) is 22.5 Å². The van der Waals surface area contributed by atoms with Crippen LogP contribution in [0.5, 0.6) is 0 Å². The topological polar surface area (TPSA) is 107 Å². The molecule has 6 rings (SSSR count). The molecular weight excluding hydrogens is 460 g/mol. The monoisotopic (exact) mass is 484 g/mol. The second-order valence-electron chi connectivity index (χ2n) is 8.76. The van der Waals surface area contributed by atoms with Gasteiger partial charge in [-0.1, -0.05) is 52.8 Å². The first kappa shape index (κ1) is 22.2. The van der Waals surface area contributed by atoms with Crippen LogP contribution in [0, 0.1) is 0 Å². The van der Waals surface area contributed by atoms with E-state index >= 15 is 0 Å². The number of fused-ring (bicyclic) bond motifs is 1. The lowest BCUT2D eigenvalue weighted by Gasteiger charge is -2.31. The first-order chi connectivity index (χ1) is 17.7. The van der Waals surface area contributed by atoms with Crippen LogP contribution in [0.15, 0.2) is 65.3 Å². The molecule has 0 atom stereocenters. The van der Waals surface area contributed by atoms with Gasteiger partial charge < -0.3 is 19.1 Å². The van der Waals surface area contributed by atoms with E-state index in [0.29, 0.717) is 56.3 Å². The van der Waals surface area contributed by atoms with E-state index in [9.17, 15) is 9.59 Å². The van der Waals surface area contributed by atoms with E-state index in [1.807, 2.05) is 60.8 Å². The summed E-state index contributed by atoms with van der Waals surface area (Å²) in [7, 11) is 0. The molecule has 0 spiro atoms. The van der Waals surface area contributed by atoms with Crippen molar-refractivity contribution in [2.75, 3.05) is 39.4 Å². The molecule has 0 aliphatic carbocycles. The first-order valence-corrected chi connectivity index (χ1v) is 11.9. The van der Waals surface area contributed by atoms with E-state index < -0.39 is 0 Å². The Hall–Kier alpha value is -4.31. The predicted octanol–water partition coefficient (Wildman–Crippen LogP) is 2.45. The van der Waals surface area contributed by atoms with Crippen LogP contribution in [0.2, 0.25) is 0 Å². The number of rotatable bonds is 5. The molecule has 10 heteroatoms. The van der Waals surface area contributed by atoms with Gasteiger partial charge in [0.1, 0.15) is 23.5 Å². The number of nitrogens with zero attached hydrogens (tertiary/aromatic N) is 6. The SMILES string of the molecule is O=C(CN1CCc2onc(-c3ccc(-n4cc(-c5ccccc5)nn4)cc3)c2C1=O)N1CCOCC1. The fraction of sp³-hybridized carbons (Fsp3) is 0.269. The summed E-state index contributed by atoms with van der Waals surface area (Å²) in [5.74, 6) is 0.250. The zero-order valence-electron chi connectivity index (χ0n) is 19.5. The number of ether oxygens (including phenoxy) is 1. The van der Waals surface area contributed by atoms with E-state index in [4.69, 9.17) is 9.26 Å². The summed E-state index contributed by atoms with van der Waals surface area (Å²) in [6.45, 7) is 2.62. The van der Waals surface area contributed by atoms with Gasteiger partial charge in [-0.2, -0.15) is 0 Å². The highest BCUT2D eigenvalue weighted by molar-refractivity contribution is 6.03. The summed E-state index contributed by atoms with van der Waals surface area (Å²) in [6.07, 6.45) is 2.39. The maximum atomic E-state index is 13.3. The van der Waals surface area contributed by atoms with Crippen molar-refractivity contribution in [1.82, 2.24) is 30.0 Å². The van der Waals surface area contributed by atoms with Crippen LogP contribution in [0.25, 0.3) is 28.2 Å². The molecule has 10 nitrogen and oxygen atoms in total. The Morgan fingerprint density at radius 3 is 2.50 bits per heavy atom. The molecule has 0 N–H and O–H groups in total. The molecule has 2 amide bonds. The van der Waals surface area contributed by atoms with Gasteiger partial charge in [-0.05, 0) is 12.1 Å². The van der Waals surface area contributed by atoms with Crippen molar-refractivity contribution in [3.05, 3.63) is 72.1 Å².